The van der Waals surface area contributed by atoms with Gasteiger partial charge in [-0.05, 0) is 50.0 Å². The van der Waals surface area contributed by atoms with Gasteiger partial charge < -0.3 is 9.31 Å². The van der Waals surface area contributed by atoms with Crippen molar-refractivity contribution < 1.29 is 9.31 Å². The van der Waals surface area contributed by atoms with Crippen LogP contribution >= 0.6 is 0 Å². The van der Waals surface area contributed by atoms with E-state index in [0.717, 1.165) is 21.9 Å². The molecular formula is C16H18BN3O2. The van der Waals surface area contributed by atoms with Crippen molar-refractivity contribution in [1.82, 2.24) is 14.6 Å². The van der Waals surface area contributed by atoms with Crippen LogP contribution in [0.4, 0.5) is 0 Å². The maximum Gasteiger partial charge on any atom is 0.494 e. The number of nitrogens with zero attached hydrogens (tertiary/aromatic N) is 3. The largest absolute Gasteiger partial charge is 0.494 e. The lowest BCUT2D eigenvalue weighted by atomic mass is 9.78. The molecule has 0 amide bonds. The van der Waals surface area contributed by atoms with Gasteiger partial charge in [-0.25, -0.2) is 0 Å². The Kier molecular flexibility index (Phi) is 2.69. The van der Waals surface area contributed by atoms with E-state index in [0.29, 0.717) is 0 Å². The van der Waals surface area contributed by atoms with Gasteiger partial charge in [-0.1, -0.05) is 18.2 Å². The zero-order valence-corrected chi connectivity index (χ0v) is 13.2. The summed E-state index contributed by atoms with van der Waals surface area (Å²) in [6.45, 7) is 8.26. The van der Waals surface area contributed by atoms with E-state index in [-0.39, 0.29) is 18.3 Å². The fraction of sp³-hybridized carbons (Fsp3) is 0.375. The molecule has 6 heteroatoms. The second-order valence-electron chi connectivity index (χ2n) is 6.85. The minimum Gasteiger partial charge on any atom is -0.399 e. The minimum absolute atomic E-state index is 0.329. The van der Waals surface area contributed by atoms with Crippen LogP contribution in [0.3, 0.4) is 0 Å². The predicted molar refractivity (Wildman–Crippen MR) is 86.2 cm³/mol. The molecule has 22 heavy (non-hydrogen) atoms. The Morgan fingerprint density at radius 1 is 1.00 bits per heavy atom. The molecule has 112 valence electrons. The highest BCUT2D eigenvalue weighted by Gasteiger charge is 2.51. The van der Waals surface area contributed by atoms with Crippen LogP contribution in [0.1, 0.15) is 27.7 Å². The summed E-state index contributed by atoms with van der Waals surface area (Å²) >= 11 is 0. The van der Waals surface area contributed by atoms with Crippen molar-refractivity contribution in [2.45, 2.75) is 38.9 Å². The topological polar surface area (TPSA) is 48.7 Å². The number of benzene rings is 1. The van der Waals surface area contributed by atoms with E-state index in [1.165, 1.54) is 0 Å². The number of pyridine rings is 1. The van der Waals surface area contributed by atoms with Crippen LogP contribution in [-0.4, -0.2) is 32.9 Å². The third-order valence-corrected chi connectivity index (χ3v) is 4.80. The van der Waals surface area contributed by atoms with Gasteiger partial charge in [0.15, 0.2) is 5.65 Å². The Bertz CT molecular complexity index is 856. The summed E-state index contributed by atoms with van der Waals surface area (Å²) in [5, 5.41) is 10.2. The average Bonchev–Trinajstić information content (AvgIpc) is 2.97. The molecule has 0 bridgehead atoms. The molecule has 4 rings (SSSR count). The highest BCUT2D eigenvalue weighted by molar-refractivity contribution is 6.62. The normalized spacial score (nSPS) is 20.1. The number of hydrogen-bond donors (Lipinski definition) is 0. The maximum atomic E-state index is 6.12. The highest BCUT2D eigenvalue weighted by atomic mass is 16.7. The van der Waals surface area contributed by atoms with E-state index < -0.39 is 0 Å². The van der Waals surface area contributed by atoms with E-state index in [1.807, 2.05) is 16.7 Å². The highest BCUT2D eigenvalue weighted by Crippen LogP contribution is 2.36. The Morgan fingerprint density at radius 2 is 1.73 bits per heavy atom. The van der Waals surface area contributed by atoms with Crippen LogP contribution in [0.5, 0.6) is 0 Å². The Morgan fingerprint density at radius 3 is 2.45 bits per heavy atom. The minimum atomic E-state index is -0.342. The van der Waals surface area contributed by atoms with Crippen molar-refractivity contribution in [3.05, 3.63) is 36.8 Å². The van der Waals surface area contributed by atoms with E-state index in [1.54, 1.807) is 6.33 Å². The molecule has 0 unspecified atom stereocenters. The zero-order valence-electron chi connectivity index (χ0n) is 13.2. The lowest BCUT2D eigenvalue weighted by molar-refractivity contribution is 0.00578. The Balaban J connectivity index is 1.78. The van der Waals surface area contributed by atoms with E-state index in [4.69, 9.17) is 9.31 Å². The van der Waals surface area contributed by atoms with Crippen LogP contribution in [0.25, 0.3) is 16.4 Å². The van der Waals surface area contributed by atoms with Gasteiger partial charge in [0.1, 0.15) is 6.33 Å². The monoisotopic (exact) mass is 295 g/mol. The smallest absolute Gasteiger partial charge is 0.399 e. The molecule has 0 spiro atoms. The first-order chi connectivity index (χ1) is 10.4. The molecule has 0 saturated carbocycles. The SMILES string of the molecule is CC1(C)OB(c2ccc3cc4nncn4cc3c2)OC1(C)C. The standard InChI is InChI=1S/C16H18BN3O2/c1-15(2)16(3,4)22-17(21-15)13-6-5-11-8-14-19-18-10-20(14)9-12(11)7-13/h5-10H,1-4H3. The summed E-state index contributed by atoms with van der Waals surface area (Å²) in [7, 11) is -0.342. The molecule has 1 fully saturated rings. The van der Waals surface area contributed by atoms with E-state index in [9.17, 15) is 0 Å². The number of fused-ring (bicyclic) bond motifs is 2. The van der Waals surface area contributed by atoms with Crippen molar-refractivity contribution >= 4 is 29.0 Å². The summed E-state index contributed by atoms with van der Waals surface area (Å²) in [5.74, 6) is 0. The number of aromatic nitrogens is 3. The first kappa shape index (κ1) is 13.7. The molecule has 0 radical (unpaired) electrons. The molecule has 5 nitrogen and oxygen atoms in total. The lowest BCUT2D eigenvalue weighted by Gasteiger charge is -2.32. The third kappa shape index (κ3) is 1.95. The molecular weight excluding hydrogens is 277 g/mol. The van der Waals surface area contributed by atoms with Crippen LogP contribution in [0, 0.1) is 0 Å². The molecule has 2 aromatic heterocycles. The summed E-state index contributed by atoms with van der Waals surface area (Å²) in [5.41, 5.74) is 1.21. The van der Waals surface area contributed by atoms with E-state index >= 15 is 0 Å². The van der Waals surface area contributed by atoms with Crippen molar-refractivity contribution in [3.63, 3.8) is 0 Å². The van der Waals surface area contributed by atoms with Gasteiger partial charge in [0.05, 0.1) is 11.2 Å². The average molecular weight is 295 g/mol. The summed E-state index contributed by atoms with van der Waals surface area (Å²) < 4.78 is 14.1. The molecule has 3 aromatic rings. The maximum absolute atomic E-state index is 6.12. The fourth-order valence-electron chi connectivity index (χ4n) is 2.71. The number of rotatable bonds is 1. The second kappa shape index (κ2) is 4.30. The van der Waals surface area contributed by atoms with Gasteiger partial charge in [0, 0.05) is 6.20 Å². The molecule has 3 heterocycles. The summed E-state index contributed by atoms with van der Waals surface area (Å²) in [6.07, 6.45) is 3.73. The Labute approximate surface area is 129 Å². The fourth-order valence-corrected chi connectivity index (χ4v) is 2.71. The van der Waals surface area contributed by atoms with Crippen LogP contribution in [0.2, 0.25) is 0 Å². The van der Waals surface area contributed by atoms with Gasteiger partial charge in [-0.3, -0.25) is 4.40 Å². The number of hydrogen-bond acceptors (Lipinski definition) is 4. The quantitative estimate of drug-likeness (QED) is 0.646. The van der Waals surface area contributed by atoms with Crippen molar-refractivity contribution in [1.29, 1.82) is 0 Å². The molecule has 0 aliphatic carbocycles. The second-order valence-corrected chi connectivity index (χ2v) is 6.85. The van der Waals surface area contributed by atoms with Crippen LogP contribution < -0.4 is 5.46 Å². The molecule has 1 aromatic carbocycles. The third-order valence-electron chi connectivity index (χ3n) is 4.80. The van der Waals surface area contributed by atoms with Crippen molar-refractivity contribution in [3.8, 4) is 0 Å². The zero-order chi connectivity index (χ0) is 15.5. The molecule has 0 N–H and O–H groups in total. The summed E-state index contributed by atoms with van der Waals surface area (Å²) in [6, 6.07) is 8.26. The first-order valence-corrected chi connectivity index (χ1v) is 7.44. The molecule has 0 atom stereocenters. The van der Waals surface area contributed by atoms with Gasteiger partial charge in [-0.2, -0.15) is 0 Å². The summed E-state index contributed by atoms with van der Waals surface area (Å²) in [4.78, 5) is 0. The molecule has 1 aliphatic heterocycles. The van der Waals surface area contributed by atoms with Gasteiger partial charge in [0.25, 0.3) is 0 Å². The van der Waals surface area contributed by atoms with Gasteiger partial charge in [-0.15, -0.1) is 10.2 Å². The molecule has 1 aliphatic rings. The molecule has 1 saturated heterocycles. The van der Waals surface area contributed by atoms with Gasteiger partial charge in [0.2, 0.25) is 0 Å². The van der Waals surface area contributed by atoms with Gasteiger partial charge >= 0.3 is 7.12 Å². The van der Waals surface area contributed by atoms with Crippen LogP contribution in [0.15, 0.2) is 36.8 Å². The Hall–Kier alpha value is -1.92. The van der Waals surface area contributed by atoms with Crippen molar-refractivity contribution in [2.24, 2.45) is 0 Å². The van der Waals surface area contributed by atoms with E-state index in [2.05, 4.69) is 56.1 Å². The van der Waals surface area contributed by atoms with Crippen molar-refractivity contribution in [2.75, 3.05) is 0 Å². The predicted octanol–water partition coefficient (Wildman–Crippen LogP) is 2.18. The first-order valence-electron chi connectivity index (χ1n) is 7.44. The van der Waals surface area contributed by atoms with Crippen LogP contribution in [-0.2, 0) is 9.31 Å². The lowest BCUT2D eigenvalue weighted by Crippen LogP contribution is -2.41.